The van der Waals surface area contributed by atoms with Crippen LogP contribution >= 0.6 is 0 Å². The van der Waals surface area contributed by atoms with Crippen LogP contribution in [-0.2, 0) is 0 Å². The first kappa shape index (κ1) is 13.1. The van der Waals surface area contributed by atoms with Crippen molar-refractivity contribution < 1.29 is 0 Å². The Morgan fingerprint density at radius 1 is 1.16 bits per heavy atom. The van der Waals surface area contributed by atoms with E-state index in [0.717, 1.165) is 19.1 Å². The summed E-state index contributed by atoms with van der Waals surface area (Å²) in [6.45, 7) is 11.8. The Kier molecular flexibility index (Phi) is 3.87. The van der Waals surface area contributed by atoms with Crippen LogP contribution in [0.25, 0.3) is 0 Å². The highest BCUT2D eigenvalue weighted by atomic mass is 15.3. The van der Waals surface area contributed by atoms with Gasteiger partial charge < -0.3 is 5.32 Å². The van der Waals surface area contributed by atoms with Crippen molar-refractivity contribution in [3.05, 3.63) is 35.4 Å². The van der Waals surface area contributed by atoms with Gasteiger partial charge in [0.2, 0.25) is 0 Å². The number of nitrogens with zero attached hydrogens (tertiary/aromatic N) is 2. The van der Waals surface area contributed by atoms with Gasteiger partial charge in [0.1, 0.15) is 0 Å². The van der Waals surface area contributed by atoms with Crippen molar-refractivity contribution in [3.8, 4) is 0 Å². The Labute approximate surface area is 116 Å². The topological polar surface area (TPSA) is 18.5 Å². The Hall–Kier alpha value is -0.900. The fourth-order valence-corrected chi connectivity index (χ4v) is 3.33. The predicted molar refractivity (Wildman–Crippen MR) is 79.4 cm³/mol. The normalized spacial score (nSPS) is 24.1. The summed E-state index contributed by atoms with van der Waals surface area (Å²) in [5, 5.41) is 3.43. The van der Waals surface area contributed by atoms with Crippen LogP contribution in [-0.4, -0.2) is 55.1 Å². The van der Waals surface area contributed by atoms with Crippen molar-refractivity contribution in [2.75, 3.05) is 39.3 Å². The second-order valence-electron chi connectivity index (χ2n) is 5.93. The van der Waals surface area contributed by atoms with Crippen LogP contribution in [0.3, 0.4) is 0 Å². The van der Waals surface area contributed by atoms with E-state index in [1.807, 2.05) is 0 Å². The summed E-state index contributed by atoms with van der Waals surface area (Å²) in [5.74, 6) is 0. The van der Waals surface area contributed by atoms with Gasteiger partial charge in [0.25, 0.3) is 0 Å². The number of rotatable bonds is 3. The second kappa shape index (κ2) is 5.61. The first-order valence-electron chi connectivity index (χ1n) is 7.50. The highest BCUT2D eigenvalue weighted by Gasteiger charge is 2.35. The van der Waals surface area contributed by atoms with E-state index in [0.29, 0.717) is 6.04 Å². The van der Waals surface area contributed by atoms with Crippen LogP contribution in [0.5, 0.6) is 0 Å². The van der Waals surface area contributed by atoms with E-state index in [4.69, 9.17) is 0 Å². The highest BCUT2D eigenvalue weighted by Crippen LogP contribution is 2.29. The van der Waals surface area contributed by atoms with Crippen LogP contribution in [0.15, 0.2) is 24.3 Å². The molecule has 0 radical (unpaired) electrons. The zero-order chi connectivity index (χ0) is 13.2. The lowest BCUT2D eigenvalue weighted by Gasteiger charge is -2.49. The molecule has 2 heterocycles. The van der Waals surface area contributed by atoms with Crippen LogP contribution in [0, 0.1) is 6.92 Å². The van der Waals surface area contributed by atoms with Crippen molar-refractivity contribution in [1.82, 2.24) is 15.1 Å². The van der Waals surface area contributed by atoms with E-state index in [-0.39, 0.29) is 0 Å². The summed E-state index contributed by atoms with van der Waals surface area (Å²) in [6, 6.07) is 10.1. The molecule has 1 atom stereocenters. The Balaban J connectivity index is 1.56. The van der Waals surface area contributed by atoms with Gasteiger partial charge in [-0.2, -0.15) is 0 Å². The molecule has 19 heavy (non-hydrogen) atoms. The molecule has 0 spiro atoms. The average Bonchev–Trinajstić information content (AvgIpc) is 2.38. The summed E-state index contributed by atoms with van der Waals surface area (Å²) in [5.41, 5.74) is 2.90. The molecule has 3 nitrogen and oxygen atoms in total. The van der Waals surface area contributed by atoms with E-state index < -0.39 is 0 Å². The third-order valence-corrected chi connectivity index (χ3v) is 4.74. The van der Waals surface area contributed by atoms with Crippen molar-refractivity contribution in [2.24, 2.45) is 0 Å². The number of nitrogens with one attached hydrogen (secondary N) is 1. The summed E-state index contributed by atoms with van der Waals surface area (Å²) in [4.78, 5) is 5.26. The summed E-state index contributed by atoms with van der Waals surface area (Å²) in [7, 11) is 0. The monoisotopic (exact) mass is 259 g/mol. The zero-order valence-corrected chi connectivity index (χ0v) is 12.1. The molecule has 104 valence electrons. The number of likely N-dealkylation sites (tertiary alicyclic amines) is 1. The fourth-order valence-electron chi connectivity index (χ4n) is 3.33. The van der Waals surface area contributed by atoms with Crippen molar-refractivity contribution in [3.63, 3.8) is 0 Å². The van der Waals surface area contributed by atoms with E-state index in [2.05, 4.69) is 53.2 Å². The SMILES string of the molecule is Cc1ccccc1C(C)N1CC(N2CCNCC2)C1. The summed E-state index contributed by atoms with van der Waals surface area (Å²) in [6.07, 6.45) is 0. The van der Waals surface area contributed by atoms with E-state index in [1.165, 1.54) is 37.3 Å². The molecule has 1 N–H and O–H groups in total. The lowest BCUT2D eigenvalue weighted by Crippen LogP contribution is -2.62. The Bertz CT molecular complexity index is 420. The second-order valence-corrected chi connectivity index (χ2v) is 5.93. The molecule has 0 amide bonds. The van der Waals surface area contributed by atoms with E-state index in [9.17, 15) is 0 Å². The fraction of sp³-hybridized carbons (Fsp3) is 0.625. The molecule has 0 aliphatic carbocycles. The van der Waals surface area contributed by atoms with Crippen LogP contribution < -0.4 is 5.32 Å². The lowest BCUT2D eigenvalue weighted by molar-refractivity contribution is 0.00333. The van der Waals surface area contributed by atoms with Gasteiger partial charge in [-0.1, -0.05) is 24.3 Å². The van der Waals surface area contributed by atoms with Gasteiger partial charge in [0.15, 0.2) is 0 Å². The molecular formula is C16H25N3. The quantitative estimate of drug-likeness (QED) is 0.890. The van der Waals surface area contributed by atoms with Crippen molar-refractivity contribution in [2.45, 2.75) is 25.9 Å². The molecule has 1 aromatic carbocycles. The van der Waals surface area contributed by atoms with E-state index >= 15 is 0 Å². The third kappa shape index (κ3) is 2.69. The maximum atomic E-state index is 3.43. The molecule has 0 bridgehead atoms. The summed E-state index contributed by atoms with van der Waals surface area (Å²) < 4.78 is 0. The highest BCUT2D eigenvalue weighted by molar-refractivity contribution is 5.28. The van der Waals surface area contributed by atoms with Gasteiger partial charge in [0.05, 0.1) is 0 Å². The summed E-state index contributed by atoms with van der Waals surface area (Å²) >= 11 is 0. The van der Waals surface area contributed by atoms with Crippen molar-refractivity contribution in [1.29, 1.82) is 0 Å². The number of aryl methyl sites for hydroxylation is 1. The minimum absolute atomic E-state index is 0.556. The minimum atomic E-state index is 0.556. The average molecular weight is 259 g/mol. The molecule has 2 saturated heterocycles. The van der Waals surface area contributed by atoms with Crippen LogP contribution in [0.1, 0.15) is 24.1 Å². The minimum Gasteiger partial charge on any atom is -0.314 e. The molecule has 2 aliphatic rings. The molecule has 2 fully saturated rings. The molecule has 0 aromatic heterocycles. The van der Waals surface area contributed by atoms with Gasteiger partial charge in [-0.3, -0.25) is 9.80 Å². The van der Waals surface area contributed by atoms with E-state index in [1.54, 1.807) is 0 Å². The van der Waals surface area contributed by atoms with Gasteiger partial charge in [-0.05, 0) is 25.0 Å². The predicted octanol–water partition coefficient (Wildman–Crippen LogP) is 1.65. The first-order chi connectivity index (χ1) is 9.25. The Morgan fingerprint density at radius 2 is 1.84 bits per heavy atom. The zero-order valence-electron chi connectivity index (χ0n) is 12.1. The molecule has 2 aliphatic heterocycles. The maximum Gasteiger partial charge on any atom is 0.0351 e. The van der Waals surface area contributed by atoms with Gasteiger partial charge in [-0.15, -0.1) is 0 Å². The molecular weight excluding hydrogens is 234 g/mol. The smallest absolute Gasteiger partial charge is 0.0351 e. The third-order valence-electron chi connectivity index (χ3n) is 4.74. The molecule has 1 unspecified atom stereocenters. The van der Waals surface area contributed by atoms with Crippen LogP contribution in [0.4, 0.5) is 0 Å². The Morgan fingerprint density at radius 3 is 2.53 bits per heavy atom. The first-order valence-corrected chi connectivity index (χ1v) is 7.50. The van der Waals surface area contributed by atoms with Gasteiger partial charge >= 0.3 is 0 Å². The molecule has 3 rings (SSSR count). The maximum absolute atomic E-state index is 3.43. The molecule has 0 saturated carbocycles. The largest absolute Gasteiger partial charge is 0.314 e. The standard InChI is InChI=1S/C16H25N3/c1-13-5-3-4-6-16(13)14(2)19-11-15(12-19)18-9-7-17-8-10-18/h3-6,14-15,17H,7-12H2,1-2H3. The number of piperazine rings is 1. The van der Waals surface area contributed by atoms with Gasteiger partial charge in [-0.25, -0.2) is 0 Å². The number of hydrogen-bond donors (Lipinski definition) is 1. The number of benzene rings is 1. The van der Waals surface area contributed by atoms with Crippen LogP contribution in [0.2, 0.25) is 0 Å². The molecule has 1 aromatic rings. The number of hydrogen-bond acceptors (Lipinski definition) is 3. The lowest BCUT2D eigenvalue weighted by atomic mass is 9.96. The molecule has 3 heteroatoms. The van der Waals surface area contributed by atoms with Crippen molar-refractivity contribution >= 4 is 0 Å². The van der Waals surface area contributed by atoms with Gasteiger partial charge in [0, 0.05) is 51.4 Å².